The fraction of sp³-hybridized carbons (Fsp3) is 0.923. The maximum absolute atomic E-state index is 8.65. The van der Waals surface area contributed by atoms with Crippen molar-refractivity contribution in [2.45, 2.75) is 63.6 Å². The molecule has 0 aromatic heterocycles. The van der Waals surface area contributed by atoms with Gasteiger partial charge in [-0.3, -0.25) is 0 Å². The van der Waals surface area contributed by atoms with Crippen molar-refractivity contribution in [2.75, 3.05) is 13.2 Å². The van der Waals surface area contributed by atoms with Crippen molar-refractivity contribution in [1.82, 2.24) is 0 Å². The molecule has 0 radical (unpaired) electrons. The van der Waals surface area contributed by atoms with E-state index in [-0.39, 0.29) is 0 Å². The van der Waals surface area contributed by atoms with E-state index in [2.05, 4.69) is 5.16 Å². The largest absolute Gasteiger partial charge is 0.411 e. The lowest BCUT2D eigenvalue weighted by molar-refractivity contribution is 0.0282. The van der Waals surface area contributed by atoms with Gasteiger partial charge in [0.2, 0.25) is 0 Å². The van der Waals surface area contributed by atoms with Crippen LogP contribution in [-0.2, 0) is 9.47 Å². The summed E-state index contributed by atoms with van der Waals surface area (Å²) in [6, 6.07) is 0. The Balaban J connectivity index is 1.50. The summed E-state index contributed by atoms with van der Waals surface area (Å²) in [7, 11) is 0. The molecule has 0 aromatic rings. The molecule has 1 atom stereocenters. The summed E-state index contributed by atoms with van der Waals surface area (Å²) in [5, 5.41) is 11.9. The van der Waals surface area contributed by atoms with E-state index in [9.17, 15) is 0 Å². The molecule has 0 spiro atoms. The number of hydrogen-bond acceptors (Lipinski definition) is 4. The number of hydrogen-bond donors (Lipinski definition) is 1. The first-order chi connectivity index (χ1) is 8.38. The topological polar surface area (TPSA) is 51.1 Å². The molecule has 1 aliphatic carbocycles. The lowest BCUT2D eigenvalue weighted by atomic mass is 9.96. The first kappa shape index (κ1) is 12.8. The smallest absolute Gasteiger partial charge is 0.0582 e. The van der Waals surface area contributed by atoms with Gasteiger partial charge in [-0.25, -0.2) is 0 Å². The summed E-state index contributed by atoms with van der Waals surface area (Å²) in [6.07, 6.45) is 9.29. The van der Waals surface area contributed by atoms with Crippen molar-refractivity contribution in [2.24, 2.45) is 5.16 Å². The van der Waals surface area contributed by atoms with Crippen molar-refractivity contribution < 1.29 is 14.7 Å². The maximum Gasteiger partial charge on any atom is 0.0582 e. The lowest BCUT2D eigenvalue weighted by Gasteiger charge is -2.22. The molecule has 1 saturated carbocycles. The predicted octanol–water partition coefficient (Wildman–Crippen LogP) is 2.74. The Morgan fingerprint density at radius 1 is 1.29 bits per heavy atom. The van der Waals surface area contributed by atoms with Gasteiger partial charge in [0.25, 0.3) is 0 Å². The Hall–Kier alpha value is -0.610. The summed E-state index contributed by atoms with van der Waals surface area (Å²) in [6.45, 7) is 1.79. The minimum Gasteiger partial charge on any atom is -0.411 e. The molecule has 1 unspecified atom stereocenters. The van der Waals surface area contributed by atoms with Gasteiger partial charge < -0.3 is 14.7 Å². The Morgan fingerprint density at radius 3 is 2.76 bits per heavy atom. The highest BCUT2D eigenvalue weighted by Crippen LogP contribution is 2.20. The molecule has 0 amide bonds. The molecule has 4 heteroatoms. The molecule has 1 saturated heterocycles. The van der Waals surface area contributed by atoms with Crippen molar-refractivity contribution in [3.05, 3.63) is 0 Å². The van der Waals surface area contributed by atoms with E-state index in [1.165, 1.54) is 12.8 Å². The molecule has 0 bridgehead atoms. The minimum atomic E-state index is 0.366. The van der Waals surface area contributed by atoms with Crippen molar-refractivity contribution in [1.29, 1.82) is 0 Å². The van der Waals surface area contributed by atoms with Gasteiger partial charge in [0.1, 0.15) is 0 Å². The van der Waals surface area contributed by atoms with Crippen LogP contribution in [-0.4, -0.2) is 36.3 Å². The van der Waals surface area contributed by atoms with Crippen LogP contribution < -0.4 is 0 Å². The highest BCUT2D eigenvalue weighted by atomic mass is 16.5. The molecule has 2 rings (SSSR count). The second-order valence-corrected chi connectivity index (χ2v) is 5.01. The summed E-state index contributed by atoms with van der Waals surface area (Å²) in [5.74, 6) is 0. The fourth-order valence-electron chi connectivity index (χ4n) is 2.62. The maximum atomic E-state index is 8.65. The van der Waals surface area contributed by atoms with Crippen molar-refractivity contribution >= 4 is 5.71 Å². The average molecular weight is 241 g/mol. The minimum absolute atomic E-state index is 0.366. The second kappa shape index (κ2) is 6.97. The van der Waals surface area contributed by atoms with Crippen LogP contribution in [0.3, 0.4) is 0 Å². The molecule has 1 N–H and O–H groups in total. The highest BCUT2D eigenvalue weighted by molar-refractivity contribution is 5.84. The summed E-state index contributed by atoms with van der Waals surface area (Å²) < 4.78 is 11.4. The van der Waals surface area contributed by atoms with E-state index in [1.54, 1.807) is 0 Å². The molecular formula is C13H23NO3. The van der Waals surface area contributed by atoms with Gasteiger partial charge in [-0.05, 0) is 51.4 Å². The van der Waals surface area contributed by atoms with Crippen LogP contribution in [0, 0.1) is 0 Å². The van der Waals surface area contributed by atoms with Crippen LogP contribution in [0.25, 0.3) is 0 Å². The van der Waals surface area contributed by atoms with Gasteiger partial charge in [0.05, 0.1) is 17.9 Å². The normalized spacial score (nSPS) is 29.5. The van der Waals surface area contributed by atoms with Crippen LogP contribution in [0.2, 0.25) is 0 Å². The second-order valence-electron chi connectivity index (χ2n) is 5.01. The third kappa shape index (κ3) is 4.28. The Kier molecular flexibility index (Phi) is 5.26. The third-order valence-electron chi connectivity index (χ3n) is 3.70. The van der Waals surface area contributed by atoms with Gasteiger partial charge in [-0.1, -0.05) is 5.16 Å². The Labute approximate surface area is 103 Å². The molecule has 4 nitrogen and oxygen atoms in total. The fourth-order valence-corrected chi connectivity index (χ4v) is 2.62. The molecule has 98 valence electrons. The zero-order chi connectivity index (χ0) is 11.9. The molecule has 17 heavy (non-hydrogen) atoms. The van der Waals surface area contributed by atoms with E-state index in [0.717, 1.165) is 57.5 Å². The summed E-state index contributed by atoms with van der Waals surface area (Å²) >= 11 is 0. The SMILES string of the molecule is ON=C1CCC(OCCCC2CCCO2)CC1. The third-order valence-corrected chi connectivity index (χ3v) is 3.70. The average Bonchev–Trinajstić information content (AvgIpc) is 2.88. The number of ether oxygens (including phenoxy) is 2. The number of oxime groups is 1. The Morgan fingerprint density at radius 2 is 2.12 bits per heavy atom. The van der Waals surface area contributed by atoms with E-state index < -0.39 is 0 Å². The van der Waals surface area contributed by atoms with E-state index in [1.807, 2.05) is 0 Å². The summed E-state index contributed by atoms with van der Waals surface area (Å²) in [4.78, 5) is 0. The predicted molar refractivity (Wildman–Crippen MR) is 65.6 cm³/mol. The molecule has 1 aliphatic heterocycles. The highest BCUT2D eigenvalue weighted by Gasteiger charge is 2.19. The van der Waals surface area contributed by atoms with Crippen LogP contribution in [0.5, 0.6) is 0 Å². The lowest BCUT2D eigenvalue weighted by Crippen LogP contribution is -2.22. The van der Waals surface area contributed by atoms with E-state index in [4.69, 9.17) is 14.7 Å². The van der Waals surface area contributed by atoms with Gasteiger partial charge in [-0.2, -0.15) is 0 Å². The summed E-state index contributed by atoms with van der Waals surface area (Å²) in [5.41, 5.74) is 0.921. The van der Waals surface area contributed by atoms with Crippen molar-refractivity contribution in [3.8, 4) is 0 Å². The zero-order valence-corrected chi connectivity index (χ0v) is 10.4. The zero-order valence-electron chi connectivity index (χ0n) is 10.4. The van der Waals surface area contributed by atoms with Gasteiger partial charge in [-0.15, -0.1) is 0 Å². The van der Waals surface area contributed by atoms with Gasteiger partial charge in [0, 0.05) is 13.2 Å². The first-order valence-electron chi connectivity index (χ1n) is 6.81. The monoisotopic (exact) mass is 241 g/mol. The molecule has 0 aromatic carbocycles. The van der Waals surface area contributed by atoms with E-state index in [0.29, 0.717) is 12.2 Å². The molecular weight excluding hydrogens is 218 g/mol. The van der Waals surface area contributed by atoms with Crippen molar-refractivity contribution in [3.63, 3.8) is 0 Å². The van der Waals surface area contributed by atoms with Crippen LogP contribution in [0.4, 0.5) is 0 Å². The molecule has 2 aliphatic rings. The van der Waals surface area contributed by atoms with Gasteiger partial charge >= 0.3 is 0 Å². The molecule has 1 heterocycles. The number of nitrogens with zero attached hydrogens (tertiary/aromatic N) is 1. The van der Waals surface area contributed by atoms with Crippen LogP contribution in [0.15, 0.2) is 5.16 Å². The van der Waals surface area contributed by atoms with Crippen LogP contribution >= 0.6 is 0 Å². The quantitative estimate of drug-likeness (QED) is 0.457. The standard InChI is InChI=1S/C13H23NO3/c15-14-11-5-7-13(8-6-11)17-10-2-4-12-3-1-9-16-12/h12-13,15H,1-10H2. The molecule has 2 fully saturated rings. The number of rotatable bonds is 5. The van der Waals surface area contributed by atoms with Crippen LogP contribution in [0.1, 0.15) is 51.4 Å². The van der Waals surface area contributed by atoms with E-state index >= 15 is 0 Å². The van der Waals surface area contributed by atoms with Gasteiger partial charge in [0.15, 0.2) is 0 Å². The first-order valence-corrected chi connectivity index (χ1v) is 6.81. The Bertz CT molecular complexity index is 239.